The number of carbonyl (C=O) groups excluding carboxylic acids is 7. The van der Waals surface area contributed by atoms with Crippen molar-refractivity contribution in [3.8, 4) is 5.75 Å². The number of esters is 1. The van der Waals surface area contributed by atoms with Gasteiger partial charge in [0.05, 0.1) is 19.2 Å². The Kier molecular flexibility index (Phi) is 15.4. The zero-order valence-electron chi connectivity index (χ0n) is 38.8. The number of allylic oxidation sites excluding steroid dienone is 3. The second-order valence-electron chi connectivity index (χ2n) is 18.6. The van der Waals surface area contributed by atoms with Gasteiger partial charge in [0.2, 0.25) is 17.7 Å². The highest BCUT2D eigenvalue weighted by Gasteiger charge is 2.63. The third kappa shape index (κ3) is 10.9. The molecule has 19 heteroatoms. The van der Waals surface area contributed by atoms with Gasteiger partial charge in [0.15, 0.2) is 5.72 Å². The molecule has 1 saturated carbocycles. The number of nitrogens with one attached hydrogen (secondary N) is 2. The number of halogens is 1. The number of alkyl carbamates (subject to hydrolysis) is 1. The normalized spacial score (nSPS) is 32.0. The second-order valence-corrected chi connectivity index (χ2v) is 18.9. The van der Waals surface area contributed by atoms with Crippen molar-refractivity contribution in [1.82, 2.24) is 20.4 Å². The van der Waals surface area contributed by atoms with Crippen LogP contribution in [0.25, 0.3) is 0 Å². The number of hydrogen-bond donors (Lipinski definition) is 3. The van der Waals surface area contributed by atoms with E-state index in [4.69, 9.17) is 35.3 Å². The average Bonchev–Trinajstić information content (AvgIpc) is 3.59. The molecule has 6 bridgehead atoms. The van der Waals surface area contributed by atoms with Gasteiger partial charge in [-0.05, 0) is 83.4 Å². The predicted octanol–water partition coefficient (Wildman–Crippen LogP) is 3.90. The molecule has 0 radical (unpaired) electrons. The lowest BCUT2D eigenvalue weighted by atomic mass is 9.72. The molecule has 2 saturated heterocycles. The summed E-state index contributed by atoms with van der Waals surface area (Å²) in [5, 5.41) is 17.4. The first-order valence-corrected chi connectivity index (χ1v) is 22.7. The summed E-state index contributed by atoms with van der Waals surface area (Å²) in [7, 11) is 5.98. The van der Waals surface area contributed by atoms with Gasteiger partial charge < -0.3 is 43.9 Å². The maximum atomic E-state index is 14.3. The van der Waals surface area contributed by atoms with Crippen LogP contribution >= 0.6 is 11.6 Å². The van der Waals surface area contributed by atoms with E-state index in [1.54, 1.807) is 52.1 Å². The van der Waals surface area contributed by atoms with Crippen LogP contribution in [-0.2, 0) is 54.1 Å². The number of rotatable bonds is 11. The molecule has 3 fully saturated rings. The Labute approximate surface area is 389 Å². The van der Waals surface area contributed by atoms with Crippen LogP contribution in [0.4, 0.5) is 10.5 Å². The smallest absolute Gasteiger partial charge is 0.409 e. The molecular weight excluding hydrogens is 878 g/mol. The summed E-state index contributed by atoms with van der Waals surface area (Å²) >= 11 is 6.81. The molecule has 6 amide bonds. The van der Waals surface area contributed by atoms with Crippen LogP contribution in [-0.4, -0.2) is 139 Å². The molecule has 66 heavy (non-hydrogen) atoms. The summed E-state index contributed by atoms with van der Waals surface area (Å²) in [5.41, 5.74) is -2.35. The van der Waals surface area contributed by atoms with E-state index in [-0.39, 0.29) is 60.9 Å². The van der Waals surface area contributed by atoms with Gasteiger partial charge in [0.1, 0.15) is 46.3 Å². The molecule has 0 aromatic heterocycles. The van der Waals surface area contributed by atoms with E-state index in [2.05, 4.69) is 10.6 Å². The maximum Gasteiger partial charge on any atom is 0.409 e. The fraction of sp³-hybridized carbons (Fsp3) is 0.596. The standard InChI is InChI=1S/C47H62ClN5O13/c1-27-10-9-11-34(63-8)47(61)24-36(65-44(60)50-47)46(4)26-45(3,66-46)35(23-40(57)52(6)32-21-30(20-27)22-33(62-7)41(32)48)64-43(59)28(2)51(5)42(58)31-14-12-29(13-15-31)25-49-37(54)18-19-53-38(55)16-17-39(53)56/h9-11,16-17,21-22,28-29,31,34-36,61H,12-15,18-20,23-26H2,1-8H3,(H,49,54)(H,50,60)/b11-9+,27-10+/t28-,29?,31?,34-,35+,36+,45-,46?,47+/m1/s1. The molecule has 360 valence electrons. The first-order chi connectivity index (χ1) is 31.1. The molecule has 3 N–H and O–H groups in total. The van der Waals surface area contributed by atoms with Crippen molar-refractivity contribution in [2.24, 2.45) is 11.8 Å². The first kappa shape index (κ1) is 50.1. The van der Waals surface area contributed by atoms with E-state index in [1.807, 2.05) is 13.0 Å². The van der Waals surface area contributed by atoms with E-state index in [9.17, 15) is 38.7 Å². The number of methoxy groups -OCH3 is 2. The molecule has 0 spiro atoms. The van der Waals surface area contributed by atoms with Crippen molar-refractivity contribution in [2.75, 3.05) is 46.3 Å². The van der Waals surface area contributed by atoms with Crippen molar-refractivity contribution in [3.05, 3.63) is 58.7 Å². The fourth-order valence-corrected chi connectivity index (χ4v) is 9.91. The monoisotopic (exact) mass is 939 g/mol. The van der Waals surface area contributed by atoms with Crippen LogP contribution < -0.4 is 20.3 Å². The van der Waals surface area contributed by atoms with E-state index < -0.39 is 71.1 Å². The zero-order chi connectivity index (χ0) is 48.3. The van der Waals surface area contributed by atoms with Crippen LogP contribution in [0.15, 0.2) is 48.1 Å². The number of fused-ring (bicyclic) bond motifs is 6. The number of likely N-dealkylation sites (N-methyl/N-ethyl adjacent to an activating group) is 1. The van der Waals surface area contributed by atoms with Crippen LogP contribution in [0.1, 0.15) is 84.6 Å². The SMILES string of the molecule is COc1cc2cc(c1Cl)N(C)C(=O)C[C@H](OC(=O)[C@@H](C)N(C)C(=O)C1CCC(CNC(=O)CCN3C(=O)C=CC3=O)CC1)[C@@]1(C)CC(C)(O1)[C@@H]1C[C@@](O)(NC(=O)O1)[C@H](OC)/C=C/C=C(\C)C2. The minimum Gasteiger partial charge on any atom is -0.495 e. The number of ether oxygens (including phenoxy) is 5. The van der Waals surface area contributed by atoms with Gasteiger partial charge in [-0.15, -0.1) is 0 Å². The number of aliphatic hydroxyl groups is 1. The van der Waals surface area contributed by atoms with Gasteiger partial charge in [-0.2, -0.15) is 0 Å². The summed E-state index contributed by atoms with van der Waals surface area (Å²) in [6.07, 6.45) is 5.93. The van der Waals surface area contributed by atoms with E-state index >= 15 is 0 Å². The van der Waals surface area contributed by atoms with Crippen LogP contribution in [0.2, 0.25) is 5.02 Å². The van der Waals surface area contributed by atoms with Gasteiger partial charge in [0, 0.05) is 71.6 Å². The van der Waals surface area contributed by atoms with Crippen molar-refractivity contribution < 1.29 is 62.4 Å². The number of hydrogen-bond acceptors (Lipinski definition) is 13. The predicted molar refractivity (Wildman–Crippen MR) is 240 cm³/mol. The lowest BCUT2D eigenvalue weighted by Crippen LogP contribution is -2.72. The Hall–Kier alpha value is -5.30. The minimum absolute atomic E-state index is 0.00408. The molecule has 1 aromatic rings. The largest absolute Gasteiger partial charge is 0.495 e. The van der Waals surface area contributed by atoms with Crippen LogP contribution in [0, 0.1) is 11.8 Å². The molecule has 6 aliphatic rings. The Bertz CT molecular complexity index is 2160. The number of imide groups is 1. The van der Waals surface area contributed by atoms with Gasteiger partial charge in [0.25, 0.3) is 11.8 Å². The molecule has 1 aliphatic carbocycles. The Balaban J connectivity index is 1.16. The first-order valence-electron chi connectivity index (χ1n) is 22.3. The Morgan fingerprint density at radius 3 is 2.36 bits per heavy atom. The number of benzene rings is 1. The van der Waals surface area contributed by atoms with Crippen molar-refractivity contribution >= 4 is 58.9 Å². The summed E-state index contributed by atoms with van der Waals surface area (Å²) in [4.78, 5) is 95.1. The average molecular weight is 940 g/mol. The molecule has 18 nitrogen and oxygen atoms in total. The van der Waals surface area contributed by atoms with Crippen molar-refractivity contribution in [3.63, 3.8) is 0 Å². The highest BCUT2D eigenvalue weighted by atomic mass is 35.5. The number of carbonyl (C=O) groups is 7. The molecule has 5 heterocycles. The topological polar surface area (TPSA) is 220 Å². The van der Waals surface area contributed by atoms with E-state index in [1.165, 1.54) is 43.2 Å². The Morgan fingerprint density at radius 1 is 1.06 bits per heavy atom. The Morgan fingerprint density at radius 2 is 1.73 bits per heavy atom. The molecular formula is C47H62ClN5O13. The second kappa shape index (κ2) is 20.3. The summed E-state index contributed by atoms with van der Waals surface area (Å²) in [6, 6.07) is 2.49. The summed E-state index contributed by atoms with van der Waals surface area (Å²) < 4.78 is 29.7. The van der Waals surface area contributed by atoms with Crippen molar-refractivity contribution in [1.29, 1.82) is 0 Å². The molecule has 5 aliphatic heterocycles. The number of nitrogens with zero attached hydrogens (tertiary/aromatic N) is 3. The summed E-state index contributed by atoms with van der Waals surface area (Å²) in [5.74, 6) is -2.56. The highest BCUT2D eigenvalue weighted by molar-refractivity contribution is 6.35. The number of amides is 6. The molecule has 7 rings (SSSR count). The van der Waals surface area contributed by atoms with Gasteiger partial charge in [-0.1, -0.05) is 35.4 Å². The van der Waals surface area contributed by atoms with Crippen LogP contribution in [0.5, 0.6) is 5.75 Å². The zero-order valence-corrected chi connectivity index (χ0v) is 39.6. The van der Waals surface area contributed by atoms with E-state index in [0.29, 0.717) is 50.1 Å². The fourth-order valence-electron chi connectivity index (χ4n) is 9.60. The highest BCUT2D eigenvalue weighted by Crippen LogP contribution is 2.50. The third-order valence-corrected chi connectivity index (χ3v) is 14.0. The molecule has 7 atom stereocenters. The van der Waals surface area contributed by atoms with Gasteiger partial charge in [-0.25, -0.2) is 9.59 Å². The van der Waals surface area contributed by atoms with Crippen LogP contribution in [0.3, 0.4) is 0 Å². The summed E-state index contributed by atoms with van der Waals surface area (Å²) in [6.45, 7) is 7.25. The maximum absolute atomic E-state index is 14.3. The molecule has 1 unspecified atom stereocenters. The quantitative estimate of drug-likeness (QED) is 0.212. The minimum atomic E-state index is -1.89. The van der Waals surface area contributed by atoms with Gasteiger partial charge in [-0.3, -0.25) is 34.2 Å². The third-order valence-electron chi connectivity index (χ3n) is 13.6. The molecule has 1 aromatic carbocycles. The van der Waals surface area contributed by atoms with Crippen molar-refractivity contribution in [2.45, 2.75) is 127 Å². The lowest BCUT2D eigenvalue weighted by molar-refractivity contribution is -0.328. The van der Waals surface area contributed by atoms with Gasteiger partial charge >= 0.3 is 12.1 Å². The number of anilines is 1. The lowest BCUT2D eigenvalue weighted by Gasteiger charge is -2.59. The van der Waals surface area contributed by atoms with E-state index in [0.717, 1.165) is 16.0 Å².